The SMILES string of the molecule is Cl.Cl.Cl.O=C([C@@H]1C[C@H](N2CCN(c3ccnn3-c3ccccc3)CC2)CN1)N1CCSC1. The summed E-state index contributed by atoms with van der Waals surface area (Å²) >= 11 is 1.85. The number of hydrogen-bond acceptors (Lipinski definition) is 6. The van der Waals surface area contributed by atoms with Gasteiger partial charge >= 0.3 is 0 Å². The molecule has 1 aromatic heterocycles. The van der Waals surface area contributed by atoms with Gasteiger partial charge < -0.3 is 15.1 Å². The number of halogens is 3. The summed E-state index contributed by atoms with van der Waals surface area (Å²) in [7, 11) is 0. The first kappa shape index (κ1) is 27.1. The summed E-state index contributed by atoms with van der Waals surface area (Å²) in [4.78, 5) is 19.7. The van der Waals surface area contributed by atoms with Crippen molar-refractivity contribution in [1.82, 2.24) is 24.9 Å². The van der Waals surface area contributed by atoms with Gasteiger partial charge in [-0.2, -0.15) is 5.10 Å². The Morgan fingerprint density at radius 1 is 1.00 bits per heavy atom. The van der Waals surface area contributed by atoms with Crippen LogP contribution in [-0.2, 0) is 4.79 Å². The molecule has 1 N–H and O–H groups in total. The molecule has 178 valence electrons. The van der Waals surface area contributed by atoms with Crippen LogP contribution >= 0.6 is 49.0 Å². The van der Waals surface area contributed by atoms with Crippen LogP contribution in [0, 0.1) is 0 Å². The number of hydrogen-bond donors (Lipinski definition) is 1. The predicted molar refractivity (Wildman–Crippen MR) is 138 cm³/mol. The van der Waals surface area contributed by atoms with Gasteiger partial charge in [-0.25, -0.2) is 4.68 Å². The number of rotatable bonds is 4. The average molecular weight is 522 g/mol. The molecule has 3 saturated heterocycles. The normalized spacial score (nSPS) is 23.2. The number of nitrogens with one attached hydrogen (secondary N) is 1. The van der Waals surface area contributed by atoms with Gasteiger partial charge in [-0.3, -0.25) is 9.69 Å². The molecule has 11 heteroatoms. The Hall–Kier alpha value is -1.16. The predicted octanol–water partition coefficient (Wildman–Crippen LogP) is 2.52. The maximum absolute atomic E-state index is 12.7. The Morgan fingerprint density at radius 2 is 1.75 bits per heavy atom. The van der Waals surface area contributed by atoms with Crippen molar-refractivity contribution in [2.24, 2.45) is 0 Å². The highest BCUT2D eigenvalue weighted by Crippen LogP contribution is 2.24. The Kier molecular flexibility index (Phi) is 10.4. The molecule has 0 saturated carbocycles. The molecule has 3 aliphatic heterocycles. The van der Waals surface area contributed by atoms with Gasteiger partial charge in [-0.05, 0) is 18.6 Å². The minimum Gasteiger partial charge on any atom is -0.354 e. The van der Waals surface area contributed by atoms with Crippen LogP contribution < -0.4 is 10.2 Å². The second-order valence-corrected chi connectivity index (χ2v) is 9.02. The molecule has 2 aromatic rings. The fourth-order valence-corrected chi connectivity index (χ4v) is 5.57. The van der Waals surface area contributed by atoms with Crippen LogP contribution in [0.1, 0.15) is 6.42 Å². The van der Waals surface area contributed by atoms with Gasteiger partial charge in [0.1, 0.15) is 5.82 Å². The van der Waals surface area contributed by atoms with E-state index >= 15 is 0 Å². The van der Waals surface area contributed by atoms with Crippen molar-refractivity contribution in [3.05, 3.63) is 42.6 Å². The van der Waals surface area contributed by atoms with Crippen molar-refractivity contribution in [3.63, 3.8) is 0 Å². The summed E-state index contributed by atoms with van der Waals surface area (Å²) in [5.74, 6) is 3.38. The lowest BCUT2D eigenvalue weighted by molar-refractivity contribution is -0.131. The van der Waals surface area contributed by atoms with Gasteiger partial charge in [0.2, 0.25) is 5.91 Å². The number of para-hydroxylation sites is 1. The van der Waals surface area contributed by atoms with E-state index in [9.17, 15) is 4.79 Å². The maximum Gasteiger partial charge on any atom is 0.240 e. The quantitative estimate of drug-likeness (QED) is 0.667. The first-order chi connectivity index (χ1) is 14.3. The molecule has 1 aromatic carbocycles. The van der Waals surface area contributed by atoms with E-state index in [-0.39, 0.29) is 43.3 Å². The molecule has 5 rings (SSSR count). The van der Waals surface area contributed by atoms with Crippen molar-refractivity contribution in [2.45, 2.75) is 18.5 Å². The largest absolute Gasteiger partial charge is 0.354 e. The average Bonchev–Trinajstić information content (AvgIpc) is 3.56. The molecule has 0 unspecified atom stereocenters. The summed E-state index contributed by atoms with van der Waals surface area (Å²) < 4.78 is 2.02. The van der Waals surface area contributed by atoms with E-state index in [4.69, 9.17) is 0 Å². The number of piperazine rings is 1. The van der Waals surface area contributed by atoms with E-state index in [1.165, 1.54) is 0 Å². The van der Waals surface area contributed by atoms with Crippen molar-refractivity contribution in [3.8, 4) is 5.69 Å². The Labute approximate surface area is 212 Å². The number of carbonyl (C=O) groups is 1. The van der Waals surface area contributed by atoms with E-state index in [1.54, 1.807) is 0 Å². The Morgan fingerprint density at radius 3 is 2.44 bits per heavy atom. The van der Waals surface area contributed by atoms with E-state index in [2.05, 4.69) is 38.4 Å². The van der Waals surface area contributed by atoms with Gasteiger partial charge in [0.05, 0.1) is 23.8 Å². The number of amides is 1. The number of nitrogens with zero attached hydrogens (tertiary/aromatic N) is 5. The highest BCUT2D eigenvalue weighted by atomic mass is 35.5. The fourth-order valence-electron chi connectivity index (χ4n) is 4.61. The molecule has 3 fully saturated rings. The summed E-state index contributed by atoms with van der Waals surface area (Å²) in [5, 5.41) is 8.01. The van der Waals surface area contributed by atoms with Gasteiger partial charge in [-0.15, -0.1) is 49.0 Å². The lowest BCUT2D eigenvalue weighted by Crippen LogP contribution is -2.51. The van der Waals surface area contributed by atoms with Gasteiger partial charge in [-0.1, -0.05) is 18.2 Å². The number of anilines is 1. The molecule has 4 heterocycles. The second-order valence-electron chi connectivity index (χ2n) is 7.95. The van der Waals surface area contributed by atoms with Crippen LogP contribution in [0.3, 0.4) is 0 Å². The van der Waals surface area contributed by atoms with Gasteiger partial charge in [0, 0.05) is 57.1 Å². The first-order valence-corrected chi connectivity index (χ1v) is 11.6. The molecular formula is C21H31Cl3N6OS. The summed E-state index contributed by atoms with van der Waals surface area (Å²) in [5.41, 5.74) is 1.09. The third-order valence-electron chi connectivity index (χ3n) is 6.25. The molecule has 1 amide bonds. The molecule has 0 bridgehead atoms. The van der Waals surface area contributed by atoms with Crippen LogP contribution in [0.15, 0.2) is 42.6 Å². The molecule has 2 atom stereocenters. The minimum atomic E-state index is -0.00348. The van der Waals surface area contributed by atoms with E-state index in [0.717, 1.165) is 68.8 Å². The van der Waals surface area contributed by atoms with E-state index < -0.39 is 0 Å². The highest BCUT2D eigenvalue weighted by molar-refractivity contribution is 7.99. The van der Waals surface area contributed by atoms with Crippen LogP contribution in [0.5, 0.6) is 0 Å². The molecule has 0 spiro atoms. The van der Waals surface area contributed by atoms with Crippen LogP contribution in [0.2, 0.25) is 0 Å². The zero-order chi connectivity index (χ0) is 19.6. The van der Waals surface area contributed by atoms with Crippen molar-refractivity contribution in [2.75, 3.05) is 55.8 Å². The van der Waals surface area contributed by atoms with Crippen LogP contribution in [-0.4, -0.2) is 88.5 Å². The third kappa shape index (κ3) is 5.66. The lowest BCUT2D eigenvalue weighted by Gasteiger charge is -2.38. The number of benzene rings is 1. The molecule has 32 heavy (non-hydrogen) atoms. The summed E-state index contributed by atoms with van der Waals surface area (Å²) in [6.07, 6.45) is 2.81. The Bertz CT molecular complexity index is 843. The molecule has 0 aliphatic carbocycles. The standard InChI is InChI=1S/C21H28N6OS.3ClH/c28-21(26-12-13-29-16-26)19-14-18(15-22-19)24-8-10-25(11-9-24)20-6-7-23-27(20)17-4-2-1-3-5-17;;;/h1-7,18-19,22H,8-16H2;3*1H/t18-,19-;;;/m0.../s1. The first-order valence-electron chi connectivity index (χ1n) is 10.5. The summed E-state index contributed by atoms with van der Waals surface area (Å²) in [6, 6.07) is 12.9. The second kappa shape index (κ2) is 12.3. The maximum atomic E-state index is 12.7. The van der Waals surface area contributed by atoms with E-state index in [0.29, 0.717) is 11.9 Å². The molecule has 7 nitrogen and oxygen atoms in total. The zero-order valence-electron chi connectivity index (χ0n) is 17.8. The molecular weight excluding hydrogens is 491 g/mol. The Balaban J connectivity index is 0.00000121. The van der Waals surface area contributed by atoms with Crippen molar-refractivity contribution >= 4 is 60.7 Å². The summed E-state index contributed by atoms with van der Waals surface area (Å²) in [6.45, 7) is 5.83. The smallest absolute Gasteiger partial charge is 0.240 e. The lowest BCUT2D eigenvalue weighted by atomic mass is 10.1. The number of aromatic nitrogens is 2. The van der Waals surface area contributed by atoms with Gasteiger partial charge in [0.15, 0.2) is 0 Å². The number of thioether (sulfide) groups is 1. The fraction of sp³-hybridized carbons (Fsp3) is 0.524. The molecule has 3 aliphatic rings. The van der Waals surface area contributed by atoms with Gasteiger partial charge in [0.25, 0.3) is 0 Å². The topological polar surface area (TPSA) is 56.6 Å². The molecule has 0 radical (unpaired) electrons. The monoisotopic (exact) mass is 520 g/mol. The third-order valence-corrected chi connectivity index (χ3v) is 7.21. The van der Waals surface area contributed by atoms with Crippen LogP contribution in [0.4, 0.5) is 5.82 Å². The zero-order valence-corrected chi connectivity index (χ0v) is 21.1. The highest BCUT2D eigenvalue weighted by Gasteiger charge is 2.36. The van der Waals surface area contributed by atoms with E-state index in [1.807, 2.05) is 45.7 Å². The van der Waals surface area contributed by atoms with Crippen molar-refractivity contribution < 1.29 is 4.79 Å². The van der Waals surface area contributed by atoms with Crippen molar-refractivity contribution in [1.29, 1.82) is 0 Å². The number of carbonyl (C=O) groups excluding carboxylic acids is 1. The van der Waals surface area contributed by atoms with Crippen LogP contribution in [0.25, 0.3) is 5.69 Å². The minimum absolute atomic E-state index is 0.